The maximum Gasteiger partial charge on any atom is 0.312 e. The van der Waals surface area contributed by atoms with Crippen molar-refractivity contribution in [3.8, 4) is 0 Å². The number of nitrogens with one attached hydrogen (secondary N) is 1. The second kappa shape index (κ2) is 2.96. The molecular weight excluding hydrogens is 178 g/mol. The lowest BCUT2D eigenvalue weighted by molar-refractivity contribution is -0.150. The number of ether oxygens (including phenoxy) is 1. The van der Waals surface area contributed by atoms with E-state index in [1.165, 1.54) is 12.8 Å². The highest BCUT2D eigenvalue weighted by molar-refractivity contribution is 5.79. The van der Waals surface area contributed by atoms with E-state index in [9.17, 15) is 4.79 Å². The lowest BCUT2D eigenvalue weighted by Crippen LogP contribution is -2.39. The van der Waals surface area contributed by atoms with Crippen LogP contribution >= 0.6 is 0 Å². The Balaban J connectivity index is 1.75. The van der Waals surface area contributed by atoms with Gasteiger partial charge in [0.1, 0.15) is 6.10 Å². The molecule has 0 aromatic carbocycles. The number of hydrogen-bond donors (Lipinski definition) is 1. The average molecular weight is 195 g/mol. The minimum Gasteiger partial charge on any atom is -0.462 e. The lowest BCUT2D eigenvalue weighted by atomic mass is 9.76. The van der Waals surface area contributed by atoms with Gasteiger partial charge in [0.05, 0.1) is 5.41 Å². The molecule has 3 nitrogen and oxygen atoms in total. The zero-order chi connectivity index (χ0) is 9.60. The molecule has 14 heavy (non-hydrogen) atoms. The summed E-state index contributed by atoms with van der Waals surface area (Å²) in [6.45, 7) is 1.96. The molecule has 0 bridgehead atoms. The Hall–Kier alpha value is -0.570. The minimum atomic E-state index is -0.0987. The van der Waals surface area contributed by atoms with Crippen LogP contribution in [0.1, 0.15) is 32.1 Å². The van der Waals surface area contributed by atoms with Gasteiger partial charge in [-0.1, -0.05) is 0 Å². The van der Waals surface area contributed by atoms with Crippen molar-refractivity contribution in [3.63, 3.8) is 0 Å². The van der Waals surface area contributed by atoms with E-state index in [1.54, 1.807) is 0 Å². The Bertz CT molecular complexity index is 254. The van der Waals surface area contributed by atoms with Gasteiger partial charge in [-0.2, -0.15) is 0 Å². The Morgan fingerprint density at radius 2 is 2.00 bits per heavy atom. The van der Waals surface area contributed by atoms with E-state index >= 15 is 0 Å². The van der Waals surface area contributed by atoms with Crippen LogP contribution in [0.25, 0.3) is 0 Å². The summed E-state index contributed by atoms with van der Waals surface area (Å²) < 4.78 is 5.51. The number of carbonyl (C=O) groups is 1. The van der Waals surface area contributed by atoms with Gasteiger partial charge in [0.25, 0.3) is 0 Å². The normalized spacial score (nSPS) is 36.0. The van der Waals surface area contributed by atoms with E-state index < -0.39 is 0 Å². The number of hydrogen-bond acceptors (Lipinski definition) is 3. The monoisotopic (exact) mass is 195 g/mol. The summed E-state index contributed by atoms with van der Waals surface area (Å²) >= 11 is 0. The summed E-state index contributed by atoms with van der Waals surface area (Å²) in [5, 5.41) is 3.31. The van der Waals surface area contributed by atoms with Crippen LogP contribution in [0.15, 0.2) is 0 Å². The smallest absolute Gasteiger partial charge is 0.312 e. The molecule has 3 aliphatic rings. The van der Waals surface area contributed by atoms with E-state index in [0.717, 1.165) is 32.4 Å². The van der Waals surface area contributed by atoms with Crippen LogP contribution in [-0.4, -0.2) is 25.2 Å². The number of rotatable bonds is 1. The fraction of sp³-hybridized carbons (Fsp3) is 0.909. The van der Waals surface area contributed by atoms with Crippen LogP contribution in [0.5, 0.6) is 0 Å². The summed E-state index contributed by atoms with van der Waals surface area (Å²) in [4.78, 5) is 11.8. The molecule has 2 heterocycles. The zero-order valence-electron chi connectivity index (χ0n) is 8.42. The van der Waals surface area contributed by atoms with E-state index in [2.05, 4.69) is 5.32 Å². The fourth-order valence-electron chi connectivity index (χ4n) is 2.82. The maximum atomic E-state index is 11.8. The van der Waals surface area contributed by atoms with Gasteiger partial charge < -0.3 is 10.1 Å². The molecule has 78 valence electrons. The van der Waals surface area contributed by atoms with E-state index in [0.29, 0.717) is 5.92 Å². The largest absolute Gasteiger partial charge is 0.462 e. The first-order chi connectivity index (χ1) is 6.80. The summed E-state index contributed by atoms with van der Waals surface area (Å²) in [7, 11) is 0. The van der Waals surface area contributed by atoms with Crippen LogP contribution < -0.4 is 5.32 Å². The molecule has 0 amide bonds. The summed E-state index contributed by atoms with van der Waals surface area (Å²) in [6.07, 6.45) is 5.77. The first-order valence-electron chi connectivity index (χ1n) is 5.72. The van der Waals surface area contributed by atoms with Crippen LogP contribution in [0, 0.1) is 11.3 Å². The summed E-state index contributed by atoms with van der Waals surface area (Å²) in [6, 6.07) is 0. The molecule has 2 aliphatic heterocycles. The molecule has 0 radical (unpaired) electrons. The van der Waals surface area contributed by atoms with Gasteiger partial charge in [0, 0.05) is 6.42 Å². The molecule has 1 saturated carbocycles. The van der Waals surface area contributed by atoms with Crippen LogP contribution in [0.2, 0.25) is 0 Å². The average Bonchev–Trinajstić information content (AvgIpc) is 2.98. The van der Waals surface area contributed by atoms with Gasteiger partial charge in [-0.3, -0.25) is 4.79 Å². The zero-order valence-corrected chi connectivity index (χ0v) is 8.42. The lowest BCUT2D eigenvalue weighted by Gasteiger charge is -2.29. The molecule has 1 atom stereocenters. The number of piperidine rings is 1. The van der Waals surface area contributed by atoms with Gasteiger partial charge >= 0.3 is 5.97 Å². The predicted octanol–water partition coefficient (Wildman–Crippen LogP) is 1.08. The van der Waals surface area contributed by atoms with Gasteiger partial charge in [0.2, 0.25) is 0 Å². The minimum absolute atomic E-state index is 0.0934. The Morgan fingerprint density at radius 3 is 2.64 bits per heavy atom. The standard InChI is InChI=1S/C11H17NO2/c13-10-11(3-5-12-6-4-11)7-9(14-10)8-1-2-8/h8-9,12H,1-7H2. The van der Waals surface area contributed by atoms with E-state index in [-0.39, 0.29) is 17.5 Å². The molecule has 3 fully saturated rings. The summed E-state index contributed by atoms with van der Waals surface area (Å²) in [5.74, 6) is 0.795. The SMILES string of the molecule is O=C1OC(C2CC2)CC12CCNCC2. The van der Waals surface area contributed by atoms with Crippen molar-refractivity contribution in [1.29, 1.82) is 0 Å². The molecule has 0 aromatic rings. The molecule has 1 N–H and O–H groups in total. The predicted molar refractivity (Wildman–Crippen MR) is 51.8 cm³/mol. The van der Waals surface area contributed by atoms with Gasteiger partial charge in [0.15, 0.2) is 0 Å². The van der Waals surface area contributed by atoms with Crippen LogP contribution in [0.4, 0.5) is 0 Å². The first kappa shape index (κ1) is 8.72. The van der Waals surface area contributed by atoms with Crippen LogP contribution in [0.3, 0.4) is 0 Å². The molecule has 1 aliphatic carbocycles. The third kappa shape index (κ3) is 1.26. The van der Waals surface area contributed by atoms with E-state index in [1.807, 2.05) is 0 Å². The highest BCUT2D eigenvalue weighted by Gasteiger charge is 2.52. The van der Waals surface area contributed by atoms with Crippen molar-refractivity contribution in [3.05, 3.63) is 0 Å². The van der Waals surface area contributed by atoms with Crippen molar-refractivity contribution in [2.45, 2.75) is 38.2 Å². The Labute approximate surface area is 84.2 Å². The third-order valence-electron chi connectivity index (χ3n) is 3.99. The Morgan fingerprint density at radius 1 is 1.29 bits per heavy atom. The first-order valence-corrected chi connectivity index (χ1v) is 5.72. The third-order valence-corrected chi connectivity index (χ3v) is 3.99. The molecule has 1 spiro atoms. The quantitative estimate of drug-likeness (QED) is 0.636. The second-order valence-corrected chi connectivity index (χ2v) is 5.02. The van der Waals surface area contributed by atoms with Crippen LogP contribution in [-0.2, 0) is 9.53 Å². The highest BCUT2D eigenvalue weighted by Crippen LogP contribution is 2.48. The van der Waals surface area contributed by atoms with E-state index in [4.69, 9.17) is 4.74 Å². The number of carbonyl (C=O) groups excluding carboxylic acids is 1. The van der Waals surface area contributed by atoms with Crippen molar-refractivity contribution < 1.29 is 9.53 Å². The topological polar surface area (TPSA) is 38.3 Å². The fourth-order valence-corrected chi connectivity index (χ4v) is 2.82. The molecule has 3 rings (SSSR count). The van der Waals surface area contributed by atoms with Gasteiger partial charge in [-0.15, -0.1) is 0 Å². The van der Waals surface area contributed by atoms with Crippen molar-refractivity contribution in [2.24, 2.45) is 11.3 Å². The van der Waals surface area contributed by atoms with Crippen molar-refractivity contribution >= 4 is 5.97 Å². The molecule has 2 saturated heterocycles. The van der Waals surface area contributed by atoms with Gasteiger partial charge in [-0.05, 0) is 44.7 Å². The second-order valence-electron chi connectivity index (χ2n) is 5.02. The van der Waals surface area contributed by atoms with Crippen molar-refractivity contribution in [1.82, 2.24) is 5.32 Å². The number of cyclic esters (lactones) is 1. The maximum absolute atomic E-state index is 11.8. The van der Waals surface area contributed by atoms with Crippen molar-refractivity contribution in [2.75, 3.05) is 13.1 Å². The molecule has 3 heteroatoms. The summed E-state index contributed by atoms with van der Waals surface area (Å²) in [5.41, 5.74) is -0.0987. The molecule has 0 aromatic heterocycles. The van der Waals surface area contributed by atoms with Gasteiger partial charge in [-0.25, -0.2) is 0 Å². The molecular formula is C11H17NO2. The highest BCUT2D eigenvalue weighted by atomic mass is 16.6. The number of esters is 1. The Kier molecular flexibility index (Phi) is 1.84. The molecule has 1 unspecified atom stereocenters.